The van der Waals surface area contributed by atoms with Crippen LogP contribution >= 0.6 is 0 Å². The maximum atomic E-state index is 11.1. The number of nitrogens with one attached hydrogen (secondary N) is 2. The van der Waals surface area contributed by atoms with Crippen LogP contribution in [0.1, 0.15) is 66.8 Å². The number of hydrogen-bond acceptors (Lipinski definition) is 9. The topological polar surface area (TPSA) is 187 Å². The lowest BCUT2D eigenvalue weighted by Gasteiger charge is -2.51. The third-order valence-electron chi connectivity index (χ3n) is 10.8. The number of nitriles is 6. The highest BCUT2D eigenvalue weighted by Crippen LogP contribution is 2.65. The van der Waals surface area contributed by atoms with Crippen molar-refractivity contribution in [3.05, 3.63) is 225 Å². The van der Waals surface area contributed by atoms with Crippen LogP contribution in [0.2, 0.25) is 0 Å². The van der Waals surface area contributed by atoms with E-state index in [-0.39, 0.29) is 50.5 Å². The van der Waals surface area contributed by atoms with Gasteiger partial charge in [-0.1, -0.05) is 121 Å². The maximum Gasteiger partial charge on any atom is 0.205 e. The number of anilines is 1. The summed E-state index contributed by atoms with van der Waals surface area (Å²) in [6.07, 6.45) is 3.23. The van der Waals surface area contributed by atoms with Gasteiger partial charge in [0.1, 0.15) is 11.1 Å². The fourth-order valence-electron chi connectivity index (χ4n) is 8.87. The second kappa shape index (κ2) is 14.5. The van der Waals surface area contributed by atoms with Gasteiger partial charge in [-0.05, 0) is 46.5 Å². The number of benzene rings is 6. The fourth-order valence-corrected chi connectivity index (χ4v) is 8.87. The molecule has 0 bridgehead atoms. The Bertz CT molecular complexity index is 2690. The Balaban J connectivity index is 1.79. The molecule has 0 amide bonds. The molecule has 270 valence electrons. The average Bonchev–Trinajstić information content (AvgIpc) is 3.93. The van der Waals surface area contributed by atoms with Crippen molar-refractivity contribution in [2.24, 2.45) is 0 Å². The molecule has 1 aliphatic heterocycles. The largest absolute Gasteiger partial charge is 0.331 e. The van der Waals surface area contributed by atoms with Gasteiger partial charge in [-0.15, -0.1) is 0 Å². The van der Waals surface area contributed by atoms with Crippen molar-refractivity contribution in [2.75, 3.05) is 4.90 Å². The standard InChI is InChI=1S/C48H28N10/c49-27-33-23-35(29-51)43(36(24-33)30-52)48(44-37(31-53)25-34(28-50)26-38(44)32-54)57-46(39-13-5-1-6-14-39,40-15-7-2-8-16-40)47(41-17-9-3-10-18-41,42-19-11-4-12-20-42)58(48)45-55-21-22-56-45/h1-26,57H,(H,55,56). The van der Waals surface area contributed by atoms with Gasteiger partial charge in [0.2, 0.25) is 5.95 Å². The van der Waals surface area contributed by atoms with Crippen molar-refractivity contribution in [3.63, 3.8) is 0 Å². The van der Waals surface area contributed by atoms with Gasteiger partial charge in [0.25, 0.3) is 0 Å². The summed E-state index contributed by atoms with van der Waals surface area (Å²) >= 11 is 0. The van der Waals surface area contributed by atoms with Crippen molar-refractivity contribution in [1.82, 2.24) is 15.3 Å². The highest BCUT2D eigenvalue weighted by molar-refractivity contribution is 5.76. The molecule has 1 saturated heterocycles. The normalized spacial score (nSPS) is 14.4. The Labute approximate surface area is 334 Å². The van der Waals surface area contributed by atoms with E-state index in [4.69, 9.17) is 4.98 Å². The van der Waals surface area contributed by atoms with Gasteiger partial charge in [0.15, 0.2) is 5.66 Å². The molecule has 58 heavy (non-hydrogen) atoms. The molecule has 0 saturated carbocycles. The molecule has 7 aromatic rings. The molecule has 10 heteroatoms. The van der Waals surface area contributed by atoms with Gasteiger partial charge >= 0.3 is 0 Å². The Kier molecular flexibility index (Phi) is 9.04. The number of nitrogens with zero attached hydrogens (tertiary/aromatic N) is 8. The molecule has 8 rings (SSSR count). The highest BCUT2D eigenvalue weighted by atomic mass is 15.5. The predicted octanol–water partition coefficient (Wildman–Crippen LogP) is 7.84. The quantitative estimate of drug-likeness (QED) is 0.164. The molecule has 0 atom stereocenters. The van der Waals surface area contributed by atoms with E-state index < -0.39 is 16.7 Å². The molecule has 1 fully saturated rings. The smallest absolute Gasteiger partial charge is 0.205 e. The van der Waals surface area contributed by atoms with Crippen LogP contribution in [0, 0.1) is 68.0 Å². The number of rotatable bonds is 7. The second-order valence-corrected chi connectivity index (χ2v) is 13.6. The summed E-state index contributed by atoms with van der Waals surface area (Å²) in [4.78, 5) is 10.2. The molecule has 1 aromatic heterocycles. The molecule has 0 unspecified atom stereocenters. The van der Waals surface area contributed by atoms with E-state index in [0.717, 1.165) is 22.3 Å². The Morgan fingerprint density at radius 2 is 0.828 bits per heavy atom. The van der Waals surface area contributed by atoms with Gasteiger partial charge in [-0.3, -0.25) is 10.2 Å². The van der Waals surface area contributed by atoms with E-state index in [2.05, 4.69) is 46.7 Å². The first-order chi connectivity index (χ1) is 28.5. The first-order valence-corrected chi connectivity index (χ1v) is 18.1. The molecular formula is C48H28N10. The minimum Gasteiger partial charge on any atom is -0.331 e. The zero-order valence-corrected chi connectivity index (χ0v) is 30.6. The van der Waals surface area contributed by atoms with Crippen LogP contribution < -0.4 is 10.2 Å². The zero-order chi connectivity index (χ0) is 40.3. The summed E-state index contributed by atoms with van der Waals surface area (Å²) in [5, 5.41) is 69.0. The predicted molar refractivity (Wildman–Crippen MR) is 213 cm³/mol. The molecule has 1 aliphatic rings. The van der Waals surface area contributed by atoms with E-state index in [0.29, 0.717) is 0 Å². The summed E-state index contributed by atoms with van der Waals surface area (Å²) in [5.74, 6) is 0.239. The molecule has 2 heterocycles. The number of aromatic nitrogens is 2. The van der Waals surface area contributed by atoms with Crippen LogP contribution in [0.25, 0.3) is 0 Å². The van der Waals surface area contributed by atoms with E-state index in [1.165, 1.54) is 24.3 Å². The average molecular weight is 745 g/mol. The second-order valence-electron chi connectivity index (χ2n) is 13.6. The monoisotopic (exact) mass is 744 g/mol. The number of hydrogen-bond donors (Lipinski definition) is 2. The van der Waals surface area contributed by atoms with Crippen LogP contribution in [0.5, 0.6) is 0 Å². The molecule has 2 N–H and O–H groups in total. The van der Waals surface area contributed by atoms with Gasteiger partial charge < -0.3 is 4.98 Å². The van der Waals surface area contributed by atoms with Crippen molar-refractivity contribution in [2.45, 2.75) is 16.7 Å². The number of imidazole rings is 1. The lowest BCUT2D eigenvalue weighted by molar-refractivity contribution is 0.320. The molecule has 6 aromatic carbocycles. The lowest BCUT2D eigenvalue weighted by atomic mass is 9.62. The summed E-state index contributed by atoms with van der Waals surface area (Å²) < 4.78 is 0. The van der Waals surface area contributed by atoms with Crippen LogP contribution in [0.4, 0.5) is 5.95 Å². The Hall–Kier alpha value is -8.77. The molecule has 0 spiro atoms. The van der Waals surface area contributed by atoms with Crippen LogP contribution in [0.3, 0.4) is 0 Å². The summed E-state index contributed by atoms with van der Waals surface area (Å²) in [5.41, 5.74) is -2.10. The third-order valence-corrected chi connectivity index (χ3v) is 10.8. The van der Waals surface area contributed by atoms with Gasteiger partial charge in [0.05, 0.1) is 69.8 Å². The SMILES string of the molecule is N#Cc1cc(C#N)c(C2(c3c(C#N)cc(C#N)cc3C#N)NC(c3ccccc3)(c3ccccc3)C(c3ccccc3)(c3ccccc3)N2c2ncc[nH]2)c(C#N)c1. The first kappa shape index (κ1) is 36.2. The van der Waals surface area contributed by atoms with Crippen molar-refractivity contribution < 1.29 is 0 Å². The Morgan fingerprint density at radius 3 is 1.14 bits per heavy atom. The summed E-state index contributed by atoms with van der Waals surface area (Å²) in [6.45, 7) is 0. The molecule has 0 radical (unpaired) electrons. The lowest BCUT2D eigenvalue weighted by Crippen LogP contribution is -2.59. The Morgan fingerprint density at radius 1 is 0.466 bits per heavy atom. The van der Waals surface area contributed by atoms with Gasteiger partial charge in [0, 0.05) is 23.5 Å². The van der Waals surface area contributed by atoms with Gasteiger partial charge in [-0.2, -0.15) is 31.6 Å². The minimum absolute atomic E-state index is 0.0603. The minimum atomic E-state index is -2.07. The molecule has 0 aliphatic carbocycles. The van der Waals surface area contributed by atoms with Crippen molar-refractivity contribution in [1.29, 1.82) is 31.6 Å². The summed E-state index contributed by atoms with van der Waals surface area (Å²) in [7, 11) is 0. The summed E-state index contributed by atoms with van der Waals surface area (Å²) in [6, 6.07) is 57.8. The van der Waals surface area contributed by atoms with Crippen molar-refractivity contribution in [3.8, 4) is 36.4 Å². The molecule has 10 nitrogen and oxygen atoms in total. The number of H-pyrrole nitrogens is 1. The van der Waals surface area contributed by atoms with Crippen LogP contribution in [-0.4, -0.2) is 9.97 Å². The van der Waals surface area contributed by atoms with Gasteiger partial charge in [-0.25, -0.2) is 4.98 Å². The van der Waals surface area contributed by atoms with E-state index in [1.807, 2.05) is 126 Å². The third kappa shape index (κ3) is 5.06. The van der Waals surface area contributed by atoms with Crippen LogP contribution in [-0.2, 0) is 16.7 Å². The van der Waals surface area contributed by atoms with E-state index in [9.17, 15) is 31.6 Å². The zero-order valence-electron chi connectivity index (χ0n) is 30.6. The van der Waals surface area contributed by atoms with Crippen molar-refractivity contribution >= 4 is 5.95 Å². The van der Waals surface area contributed by atoms with E-state index in [1.54, 1.807) is 12.4 Å². The number of aromatic amines is 1. The molecular weight excluding hydrogens is 717 g/mol. The first-order valence-electron chi connectivity index (χ1n) is 18.1. The van der Waals surface area contributed by atoms with Crippen LogP contribution in [0.15, 0.2) is 158 Å². The maximum absolute atomic E-state index is 11.1. The highest BCUT2D eigenvalue weighted by Gasteiger charge is 2.73. The van der Waals surface area contributed by atoms with E-state index >= 15 is 0 Å². The fraction of sp³-hybridized carbons (Fsp3) is 0.0625.